The molecule has 0 spiro atoms. The first kappa shape index (κ1) is 16.2. The zero-order chi connectivity index (χ0) is 16.6. The summed E-state index contributed by atoms with van der Waals surface area (Å²) in [7, 11) is 0. The number of fused-ring (bicyclic) bond motifs is 3. The zero-order valence-corrected chi connectivity index (χ0v) is 14.6. The zero-order valence-electron chi connectivity index (χ0n) is 13.8. The summed E-state index contributed by atoms with van der Waals surface area (Å²) in [6.07, 6.45) is 6.33. The Balaban J connectivity index is 2.00. The summed E-state index contributed by atoms with van der Waals surface area (Å²) in [5, 5.41) is 0.704. The number of hydrogen-bond acceptors (Lipinski definition) is 5. The van der Waals surface area contributed by atoms with Gasteiger partial charge in [-0.1, -0.05) is 6.92 Å². The summed E-state index contributed by atoms with van der Waals surface area (Å²) in [5.74, 6) is -0.383. The molecule has 2 aromatic heterocycles. The molecule has 2 unspecified atom stereocenters. The van der Waals surface area contributed by atoms with Gasteiger partial charge in [-0.05, 0) is 51.5 Å². The van der Waals surface area contributed by atoms with Gasteiger partial charge in [-0.25, -0.2) is 9.78 Å². The van der Waals surface area contributed by atoms with Crippen LogP contribution in [0.4, 0.5) is 0 Å². The molecule has 1 aliphatic carbocycles. The third-order valence-corrected chi connectivity index (χ3v) is 5.75. The lowest BCUT2D eigenvalue weighted by molar-refractivity contribution is -0.152. The van der Waals surface area contributed by atoms with Gasteiger partial charge < -0.3 is 4.74 Å². The van der Waals surface area contributed by atoms with Crippen molar-refractivity contribution in [3.63, 3.8) is 0 Å². The highest BCUT2D eigenvalue weighted by Crippen LogP contribution is 2.33. The minimum absolute atomic E-state index is 0.122. The number of thiophene rings is 1. The van der Waals surface area contributed by atoms with Gasteiger partial charge >= 0.3 is 5.97 Å². The van der Waals surface area contributed by atoms with Crippen molar-refractivity contribution >= 4 is 27.5 Å². The quantitative estimate of drug-likeness (QED) is 0.805. The fraction of sp³-hybridized carbons (Fsp3) is 0.588. The predicted octanol–water partition coefficient (Wildman–Crippen LogP) is 3.24. The van der Waals surface area contributed by atoms with Crippen molar-refractivity contribution in [2.75, 3.05) is 0 Å². The Bertz CT molecular complexity index is 793. The van der Waals surface area contributed by atoms with E-state index in [2.05, 4.69) is 4.98 Å². The molecule has 0 aromatic carbocycles. The van der Waals surface area contributed by atoms with E-state index in [1.165, 1.54) is 22.2 Å². The second kappa shape index (κ2) is 6.43. The van der Waals surface area contributed by atoms with Gasteiger partial charge in [0.2, 0.25) is 0 Å². The van der Waals surface area contributed by atoms with Gasteiger partial charge in [0, 0.05) is 4.88 Å². The SMILES string of the molecule is CCC(C)OC(=O)C(C)n1cnc2sc3c(c2c1=O)CCCC3. The smallest absolute Gasteiger partial charge is 0.329 e. The second-order valence-corrected chi connectivity index (χ2v) is 7.26. The summed E-state index contributed by atoms with van der Waals surface area (Å²) in [6, 6.07) is -0.660. The van der Waals surface area contributed by atoms with Crippen LogP contribution in [0.3, 0.4) is 0 Å². The Hall–Kier alpha value is -1.69. The normalized spacial score (nSPS) is 16.8. The first-order valence-electron chi connectivity index (χ1n) is 8.24. The number of aryl methyl sites for hydroxylation is 2. The van der Waals surface area contributed by atoms with E-state index in [4.69, 9.17) is 4.74 Å². The molecule has 0 N–H and O–H groups in total. The maximum absolute atomic E-state index is 12.9. The molecule has 5 nitrogen and oxygen atoms in total. The van der Waals surface area contributed by atoms with Gasteiger partial charge in [0.25, 0.3) is 5.56 Å². The lowest BCUT2D eigenvalue weighted by Crippen LogP contribution is -2.31. The molecule has 3 rings (SSSR count). The van der Waals surface area contributed by atoms with Crippen molar-refractivity contribution in [3.05, 3.63) is 27.1 Å². The third-order valence-electron chi connectivity index (χ3n) is 4.55. The van der Waals surface area contributed by atoms with E-state index < -0.39 is 6.04 Å². The molecule has 1 aliphatic rings. The summed E-state index contributed by atoms with van der Waals surface area (Å²) >= 11 is 1.62. The molecule has 0 amide bonds. The molecular weight excluding hydrogens is 312 g/mol. The number of aromatic nitrogens is 2. The summed E-state index contributed by atoms with van der Waals surface area (Å²) in [5.41, 5.74) is 1.02. The van der Waals surface area contributed by atoms with Crippen LogP contribution < -0.4 is 5.56 Å². The maximum atomic E-state index is 12.9. The van der Waals surface area contributed by atoms with Crippen molar-refractivity contribution < 1.29 is 9.53 Å². The molecule has 2 aromatic rings. The average Bonchev–Trinajstić information content (AvgIpc) is 2.93. The first-order valence-corrected chi connectivity index (χ1v) is 9.06. The molecule has 0 radical (unpaired) electrons. The Morgan fingerprint density at radius 3 is 2.87 bits per heavy atom. The summed E-state index contributed by atoms with van der Waals surface area (Å²) in [6.45, 7) is 5.50. The second-order valence-electron chi connectivity index (χ2n) is 6.18. The predicted molar refractivity (Wildman–Crippen MR) is 91.1 cm³/mol. The van der Waals surface area contributed by atoms with Crippen molar-refractivity contribution in [2.45, 2.75) is 65.0 Å². The topological polar surface area (TPSA) is 61.2 Å². The maximum Gasteiger partial charge on any atom is 0.329 e. The molecule has 0 bridgehead atoms. The molecule has 0 saturated heterocycles. The van der Waals surface area contributed by atoms with E-state index in [-0.39, 0.29) is 17.6 Å². The lowest BCUT2D eigenvalue weighted by atomic mass is 9.97. The Kier molecular flexibility index (Phi) is 4.53. The van der Waals surface area contributed by atoms with Crippen LogP contribution in [-0.2, 0) is 22.4 Å². The van der Waals surface area contributed by atoms with Crippen molar-refractivity contribution in [1.82, 2.24) is 9.55 Å². The van der Waals surface area contributed by atoms with Crippen LogP contribution in [0.5, 0.6) is 0 Å². The fourth-order valence-electron chi connectivity index (χ4n) is 2.93. The minimum Gasteiger partial charge on any atom is -0.461 e. The standard InChI is InChI=1S/C17H22N2O3S/c1-4-10(2)22-17(21)11(3)19-9-18-15-14(16(19)20)12-7-5-6-8-13(12)23-15/h9-11H,4-8H2,1-3H3. The van der Waals surface area contributed by atoms with Crippen LogP contribution in [0.2, 0.25) is 0 Å². The highest BCUT2D eigenvalue weighted by atomic mass is 32.1. The van der Waals surface area contributed by atoms with Gasteiger partial charge in [0.15, 0.2) is 0 Å². The number of hydrogen-bond donors (Lipinski definition) is 0. The summed E-state index contributed by atoms with van der Waals surface area (Å²) in [4.78, 5) is 31.6. The van der Waals surface area contributed by atoms with E-state index in [9.17, 15) is 9.59 Å². The summed E-state index contributed by atoms with van der Waals surface area (Å²) < 4.78 is 6.76. The Labute approximate surface area is 139 Å². The average molecular weight is 334 g/mol. The molecule has 124 valence electrons. The molecule has 2 heterocycles. The molecule has 0 fully saturated rings. The van der Waals surface area contributed by atoms with Crippen LogP contribution in [0.15, 0.2) is 11.1 Å². The molecule has 2 atom stereocenters. The van der Waals surface area contributed by atoms with Crippen LogP contribution in [0.1, 0.15) is 56.5 Å². The molecule has 23 heavy (non-hydrogen) atoms. The number of ether oxygens (including phenoxy) is 1. The van der Waals surface area contributed by atoms with E-state index >= 15 is 0 Å². The monoisotopic (exact) mass is 334 g/mol. The Morgan fingerprint density at radius 1 is 1.39 bits per heavy atom. The van der Waals surface area contributed by atoms with E-state index in [0.717, 1.165) is 36.1 Å². The lowest BCUT2D eigenvalue weighted by Gasteiger charge is -2.17. The third kappa shape index (κ3) is 2.92. The van der Waals surface area contributed by atoms with Crippen LogP contribution in [-0.4, -0.2) is 21.6 Å². The molecule has 0 aliphatic heterocycles. The highest BCUT2D eigenvalue weighted by molar-refractivity contribution is 7.18. The van der Waals surface area contributed by atoms with E-state index in [0.29, 0.717) is 5.39 Å². The number of carbonyl (C=O) groups excluding carboxylic acids is 1. The number of carbonyl (C=O) groups is 1. The fourth-order valence-corrected chi connectivity index (χ4v) is 4.15. The van der Waals surface area contributed by atoms with Crippen molar-refractivity contribution in [3.8, 4) is 0 Å². The number of nitrogens with zero attached hydrogens (tertiary/aromatic N) is 2. The largest absolute Gasteiger partial charge is 0.461 e. The van der Waals surface area contributed by atoms with Gasteiger partial charge in [0.1, 0.15) is 10.9 Å². The minimum atomic E-state index is -0.660. The number of rotatable bonds is 4. The van der Waals surface area contributed by atoms with Gasteiger partial charge in [-0.15, -0.1) is 11.3 Å². The molecular formula is C17H22N2O3S. The van der Waals surface area contributed by atoms with Gasteiger partial charge in [-0.2, -0.15) is 0 Å². The van der Waals surface area contributed by atoms with E-state index in [1.54, 1.807) is 18.3 Å². The van der Waals surface area contributed by atoms with Gasteiger partial charge in [-0.3, -0.25) is 9.36 Å². The van der Waals surface area contributed by atoms with Gasteiger partial charge in [0.05, 0.1) is 17.8 Å². The van der Waals surface area contributed by atoms with Crippen LogP contribution >= 0.6 is 11.3 Å². The molecule has 6 heteroatoms. The number of esters is 1. The Morgan fingerprint density at radius 2 is 2.13 bits per heavy atom. The van der Waals surface area contributed by atoms with Crippen LogP contribution in [0, 0.1) is 0 Å². The van der Waals surface area contributed by atoms with Crippen LogP contribution in [0.25, 0.3) is 10.2 Å². The van der Waals surface area contributed by atoms with Crippen molar-refractivity contribution in [1.29, 1.82) is 0 Å². The van der Waals surface area contributed by atoms with Crippen molar-refractivity contribution in [2.24, 2.45) is 0 Å². The van der Waals surface area contributed by atoms with E-state index in [1.807, 2.05) is 13.8 Å². The first-order chi connectivity index (χ1) is 11.0. The molecule has 0 saturated carbocycles. The highest BCUT2D eigenvalue weighted by Gasteiger charge is 2.24.